The van der Waals surface area contributed by atoms with Crippen LogP contribution in [0.15, 0.2) is 47.6 Å². The molecule has 0 unspecified atom stereocenters. The van der Waals surface area contributed by atoms with Gasteiger partial charge in [-0.15, -0.1) is 0 Å². The number of hydrogen-bond acceptors (Lipinski definition) is 1. The molecule has 0 amide bonds. The molecule has 1 nitrogen and oxygen atoms in total. The molecule has 3 rings (SSSR count). The lowest BCUT2D eigenvalue weighted by molar-refractivity contribution is 0.112. The summed E-state index contributed by atoms with van der Waals surface area (Å²) in [6.07, 6.45) is 18.8. The van der Waals surface area contributed by atoms with Crippen molar-refractivity contribution in [3.05, 3.63) is 47.6 Å². The topological polar surface area (TPSA) is 20.2 Å². The van der Waals surface area contributed by atoms with Crippen molar-refractivity contribution in [1.82, 2.24) is 0 Å². The van der Waals surface area contributed by atoms with Crippen LogP contribution in [-0.4, -0.2) is 11.2 Å². The Kier molecular flexibility index (Phi) is 7.31. The van der Waals surface area contributed by atoms with Crippen LogP contribution in [0.3, 0.4) is 0 Å². The molecule has 6 atom stereocenters. The third-order valence-corrected chi connectivity index (χ3v) is 8.63. The summed E-state index contributed by atoms with van der Waals surface area (Å²) in [5.74, 6) is 3.58. The lowest BCUT2D eigenvalue weighted by atomic mass is 9.61. The molecule has 3 saturated carbocycles. The maximum Gasteiger partial charge on any atom is 0.0583 e. The fraction of sp³-hybridized carbons (Fsp3) is 0.714. The van der Waals surface area contributed by atoms with E-state index in [-0.39, 0.29) is 6.10 Å². The Morgan fingerprint density at radius 2 is 1.79 bits per heavy atom. The van der Waals surface area contributed by atoms with E-state index in [1.807, 2.05) is 0 Å². The second kappa shape index (κ2) is 9.38. The summed E-state index contributed by atoms with van der Waals surface area (Å²) in [5.41, 5.74) is 4.61. The van der Waals surface area contributed by atoms with Gasteiger partial charge in [-0.3, -0.25) is 0 Å². The molecule has 0 aromatic carbocycles. The molecular formula is C28H44O. The van der Waals surface area contributed by atoms with E-state index in [4.69, 9.17) is 0 Å². The molecule has 0 aliphatic heterocycles. The highest BCUT2D eigenvalue weighted by atomic mass is 16.3. The second-order valence-electron chi connectivity index (χ2n) is 10.9. The molecule has 3 aliphatic rings. The highest BCUT2D eigenvalue weighted by molar-refractivity contribution is 5.36. The number of fused-ring (bicyclic) bond motifs is 1. The Labute approximate surface area is 180 Å². The number of allylic oxidation sites excluding steroid dienone is 6. The highest BCUT2D eigenvalue weighted by Gasteiger charge is 2.50. The summed E-state index contributed by atoms with van der Waals surface area (Å²) < 4.78 is 0. The van der Waals surface area contributed by atoms with Crippen molar-refractivity contribution in [2.24, 2.45) is 35.0 Å². The van der Waals surface area contributed by atoms with Gasteiger partial charge in [0.05, 0.1) is 6.10 Å². The van der Waals surface area contributed by atoms with Gasteiger partial charge in [-0.05, 0) is 91.9 Å². The van der Waals surface area contributed by atoms with E-state index in [0.717, 1.165) is 37.0 Å². The summed E-state index contributed by atoms with van der Waals surface area (Å²) in [4.78, 5) is 0. The Hall–Kier alpha value is -1.08. The van der Waals surface area contributed by atoms with Gasteiger partial charge in [0.15, 0.2) is 0 Å². The summed E-state index contributed by atoms with van der Waals surface area (Å²) in [6, 6.07) is 0. The first kappa shape index (κ1) is 22.6. The Morgan fingerprint density at radius 3 is 2.52 bits per heavy atom. The van der Waals surface area contributed by atoms with Gasteiger partial charge >= 0.3 is 0 Å². The van der Waals surface area contributed by atoms with E-state index < -0.39 is 0 Å². The van der Waals surface area contributed by atoms with Gasteiger partial charge in [-0.2, -0.15) is 0 Å². The fourth-order valence-electron chi connectivity index (χ4n) is 6.25. The van der Waals surface area contributed by atoms with Crippen LogP contribution in [0.1, 0.15) is 86.0 Å². The largest absolute Gasteiger partial charge is 0.393 e. The van der Waals surface area contributed by atoms with Crippen molar-refractivity contribution in [1.29, 1.82) is 0 Å². The zero-order chi connectivity index (χ0) is 21.2. The van der Waals surface area contributed by atoms with Crippen molar-refractivity contribution >= 4 is 0 Å². The standard InChI is InChI=1S/C28H44O/c1-19(2)20(3)9-10-22(5)26-15-16-27-23(8-7-17-28(26,27)6)12-13-24-18-25(29)14-11-21(24)4/h9-10,12-13,19-20,22,25-27,29H,4,7-8,11,14-18H2,1-3,5-6H3/b10-9-,23-12+,24-13-/t20-,22+,25-,26+,27-,28+/m1/s1. The normalized spacial score (nSPS) is 38.2. The van der Waals surface area contributed by atoms with Crippen molar-refractivity contribution in [3.63, 3.8) is 0 Å². The molecule has 0 spiro atoms. The van der Waals surface area contributed by atoms with Crippen LogP contribution in [0.5, 0.6) is 0 Å². The molecule has 3 fully saturated rings. The summed E-state index contributed by atoms with van der Waals surface area (Å²) >= 11 is 0. The molecule has 162 valence electrons. The predicted octanol–water partition coefficient (Wildman–Crippen LogP) is 7.64. The maximum absolute atomic E-state index is 10.0. The van der Waals surface area contributed by atoms with E-state index in [1.165, 1.54) is 43.3 Å². The maximum atomic E-state index is 10.0. The van der Waals surface area contributed by atoms with Gasteiger partial charge in [0.2, 0.25) is 0 Å². The van der Waals surface area contributed by atoms with Gasteiger partial charge in [-0.1, -0.05) is 76.6 Å². The minimum absolute atomic E-state index is 0.182. The van der Waals surface area contributed by atoms with Gasteiger partial charge in [0, 0.05) is 0 Å². The van der Waals surface area contributed by atoms with Crippen molar-refractivity contribution in [3.8, 4) is 0 Å². The first-order valence-corrected chi connectivity index (χ1v) is 12.2. The van der Waals surface area contributed by atoms with Gasteiger partial charge in [-0.25, -0.2) is 0 Å². The molecule has 0 saturated heterocycles. The number of aliphatic hydroxyl groups excluding tert-OH is 1. The van der Waals surface area contributed by atoms with E-state index in [9.17, 15) is 5.11 Å². The molecule has 29 heavy (non-hydrogen) atoms. The smallest absolute Gasteiger partial charge is 0.0583 e. The van der Waals surface area contributed by atoms with E-state index in [2.05, 4.69) is 65.5 Å². The molecule has 3 aliphatic carbocycles. The van der Waals surface area contributed by atoms with Crippen molar-refractivity contribution < 1.29 is 5.11 Å². The monoisotopic (exact) mass is 396 g/mol. The third kappa shape index (κ3) is 4.98. The lowest BCUT2D eigenvalue weighted by Crippen LogP contribution is -2.35. The van der Waals surface area contributed by atoms with Gasteiger partial charge in [0.1, 0.15) is 0 Å². The summed E-state index contributed by atoms with van der Waals surface area (Å²) in [6.45, 7) is 16.3. The van der Waals surface area contributed by atoms with Crippen LogP contribution < -0.4 is 0 Å². The van der Waals surface area contributed by atoms with Crippen LogP contribution >= 0.6 is 0 Å². The number of rotatable bonds is 5. The number of aliphatic hydroxyl groups is 1. The highest BCUT2D eigenvalue weighted by Crippen LogP contribution is 2.59. The molecule has 0 heterocycles. The summed E-state index contributed by atoms with van der Waals surface area (Å²) in [5, 5.41) is 10.0. The first-order valence-electron chi connectivity index (χ1n) is 12.2. The summed E-state index contributed by atoms with van der Waals surface area (Å²) in [7, 11) is 0. The van der Waals surface area contributed by atoms with Gasteiger partial charge in [0.25, 0.3) is 0 Å². The Morgan fingerprint density at radius 1 is 1.03 bits per heavy atom. The van der Waals surface area contributed by atoms with E-state index in [0.29, 0.717) is 17.3 Å². The zero-order valence-electron chi connectivity index (χ0n) is 19.6. The minimum atomic E-state index is -0.182. The minimum Gasteiger partial charge on any atom is -0.393 e. The quantitative estimate of drug-likeness (QED) is 0.473. The van der Waals surface area contributed by atoms with Crippen LogP contribution in [0.25, 0.3) is 0 Å². The van der Waals surface area contributed by atoms with Crippen LogP contribution in [-0.2, 0) is 0 Å². The molecular weight excluding hydrogens is 352 g/mol. The zero-order valence-corrected chi connectivity index (χ0v) is 19.6. The third-order valence-electron chi connectivity index (χ3n) is 8.63. The first-order chi connectivity index (χ1) is 13.7. The fourth-order valence-corrected chi connectivity index (χ4v) is 6.25. The average Bonchev–Trinajstić information content (AvgIpc) is 3.04. The SMILES string of the molecule is C=C1CC[C@@H](O)C/C1=C/C=C1\CCC[C@]2(C)[C@@H]1CC[C@H]2[C@@H](C)/C=C\[C@@H](C)C(C)C. The molecule has 1 N–H and O–H groups in total. The molecule has 1 heteroatoms. The van der Waals surface area contributed by atoms with E-state index >= 15 is 0 Å². The molecule has 0 bridgehead atoms. The Bertz CT molecular complexity index is 678. The van der Waals surface area contributed by atoms with E-state index in [1.54, 1.807) is 5.57 Å². The second-order valence-corrected chi connectivity index (χ2v) is 10.9. The van der Waals surface area contributed by atoms with Crippen LogP contribution in [0.2, 0.25) is 0 Å². The predicted molar refractivity (Wildman–Crippen MR) is 126 cm³/mol. The number of hydrogen-bond donors (Lipinski definition) is 1. The van der Waals surface area contributed by atoms with Crippen molar-refractivity contribution in [2.75, 3.05) is 0 Å². The lowest BCUT2D eigenvalue weighted by Gasteiger charge is -2.44. The average molecular weight is 397 g/mol. The molecule has 0 radical (unpaired) electrons. The molecule has 0 aromatic rings. The Balaban J connectivity index is 1.75. The van der Waals surface area contributed by atoms with Crippen LogP contribution in [0, 0.1) is 35.0 Å². The van der Waals surface area contributed by atoms with Crippen LogP contribution in [0.4, 0.5) is 0 Å². The molecule has 0 aromatic heterocycles. The van der Waals surface area contributed by atoms with Crippen molar-refractivity contribution in [2.45, 2.75) is 92.1 Å². The van der Waals surface area contributed by atoms with Gasteiger partial charge < -0.3 is 5.11 Å².